The van der Waals surface area contributed by atoms with Gasteiger partial charge in [-0.1, -0.05) is 53.5 Å². The summed E-state index contributed by atoms with van der Waals surface area (Å²) in [7, 11) is 0. The zero-order valence-corrected chi connectivity index (χ0v) is 18.7. The smallest absolute Gasteiger partial charge is 0.134 e. The van der Waals surface area contributed by atoms with Crippen molar-refractivity contribution in [3.05, 3.63) is 92.0 Å². The number of thiazole rings is 1. The first-order valence-corrected chi connectivity index (χ1v) is 10.9. The molecule has 0 saturated heterocycles. The summed E-state index contributed by atoms with van der Waals surface area (Å²) in [5.41, 5.74) is 6.17. The lowest BCUT2D eigenvalue weighted by atomic mass is 10.1. The van der Waals surface area contributed by atoms with Gasteiger partial charge < -0.3 is 4.57 Å². The molecular formula is C24H17Cl2N3S. The summed E-state index contributed by atoms with van der Waals surface area (Å²) in [5.74, 6) is 0. The molecule has 4 rings (SSSR count). The number of hydrogen-bond donors (Lipinski definition) is 0. The highest BCUT2D eigenvalue weighted by Gasteiger charge is 2.15. The lowest BCUT2D eigenvalue weighted by molar-refractivity contribution is 0.965. The highest BCUT2D eigenvalue weighted by molar-refractivity contribution is 7.11. The van der Waals surface area contributed by atoms with Gasteiger partial charge >= 0.3 is 0 Å². The normalized spacial score (nSPS) is 11.5. The van der Waals surface area contributed by atoms with Gasteiger partial charge in [-0.25, -0.2) is 4.98 Å². The van der Waals surface area contributed by atoms with E-state index in [9.17, 15) is 5.26 Å². The van der Waals surface area contributed by atoms with Crippen molar-refractivity contribution in [3.63, 3.8) is 0 Å². The SMILES string of the molecule is Cc1cc(C=C(C#N)c2nc(-c3ccccc3)cs2)c(C)n1-c1cc(Cl)ccc1Cl. The number of allylic oxidation sites excluding steroid dienone is 1. The minimum atomic E-state index is 0.527. The zero-order chi connectivity index (χ0) is 21.3. The second-order valence-electron chi connectivity index (χ2n) is 6.83. The summed E-state index contributed by atoms with van der Waals surface area (Å²) in [6, 6.07) is 19.7. The van der Waals surface area contributed by atoms with E-state index in [1.807, 2.05) is 72.3 Å². The van der Waals surface area contributed by atoms with Crippen LogP contribution in [0, 0.1) is 25.2 Å². The number of hydrogen-bond acceptors (Lipinski definition) is 3. The van der Waals surface area contributed by atoms with Crippen LogP contribution in [0.25, 0.3) is 28.6 Å². The Morgan fingerprint density at radius 3 is 2.60 bits per heavy atom. The van der Waals surface area contributed by atoms with E-state index in [2.05, 4.69) is 11.1 Å². The maximum atomic E-state index is 9.79. The number of aromatic nitrogens is 2. The van der Waals surface area contributed by atoms with E-state index in [0.717, 1.165) is 33.9 Å². The van der Waals surface area contributed by atoms with Crippen molar-refractivity contribution in [3.8, 4) is 23.0 Å². The van der Waals surface area contributed by atoms with Crippen molar-refractivity contribution in [2.24, 2.45) is 0 Å². The fourth-order valence-corrected chi connectivity index (χ4v) is 4.56. The van der Waals surface area contributed by atoms with Gasteiger partial charge in [-0.2, -0.15) is 5.26 Å². The highest BCUT2D eigenvalue weighted by atomic mass is 35.5. The molecule has 2 aromatic heterocycles. The predicted octanol–water partition coefficient (Wildman–Crippen LogP) is 7.59. The minimum absolute atomic E-state index is 0.527. The van der Waals surface area contributed by atoms with E-state index in [-0.39, 0.29) is 0 Å². The fourth-order valence-electron chi connectivity index (χ4n) is 3.40. The maximum Gasteiger partial charge on any atom is 0.134 e. The molecule has 0 fully saturated rings. The summed E-state index contributed by atoms with van der Waals surface area (Å²) in [6.45, 7) is 4.01. The number of rotatable bonds is 4. The van der Waals surface area contributed by atoms with Crippen molar-refractivity contribution < 1.29 is 0 Å². The third kappa shape index (κ3) is 3.93. The van der Waals surface area contributed by atoms with Gasteiger partial charge in [-0.05, 0) is 49.8 Å². The van der Waals surface area contributed by atoms with Crippen molar-refractivity contribution in [1.29, 1.82) is 5.26 Å². The minimum Gasteiger partial charge on any atom is -0.316 e. The lowest BCUT2D eigenvalue weighted by Gasteiger charge is -2.12. The standard InChI is InChI=1S/C24H17Cl2N3S/c1-15-10-18(16(2)29(15)23-12-20(25)8-9-21(23)26)11-19(13-27)24-28-22(14-30-24)17-6-4-3-5-7-17/h3-12,14H,1-2H3. The summed E-state index contributed by atoms with van der Waals surface area (Å²) in [4.78, 5) is 4.67. The van der Waals surface area contributed by atoms with Crippen LogP contribution in [0.15, 0.2) is 60.0 Å². The average Bonchev–Trinajstić information content (AvgIpc) is 3.34. The lowest BCUT2D eigenvalue weighted by Crippen LogP contribution is -2.00. The molecule has 0 amide bonds. The Bertz CT molecular complexity index is 1290. The molecule has 0 aliphatic carbocycles. The first-order chi connectivity index (χ1) is 14.5. The molecule has 4 aromatic rings. The molecule has 148 valence electrons. The number of nitriles is 1. The van der Waals surface area contributed by atoms with Gasteiger partial charge in [0, 0.05) is 27.4 Å². The van der Waals surface area contributed by atoms with E-state index >= 15 is 0 Å². The van der Waals surface area contributed by atoms with Crippen LogP contribution in [-0.2, 0) is 0 Å². The molecule has 30 heavy (non-hydrogen) atoms. The Balaban J connectivity index is 1.75. The third-order valence-corrected chi connectivity index (χ3v) is 6.27. The zero-order valence-electron chi connectivity index (χ0n) is 16.4. The molecule has 0 spiro atoms. The molecule has 0 unspecified atom stereocenters. The van der Waals surface area contributed by atoms with Crippen molar-refractivity contribution in [2.75, 3.05) is 0 Å². The van der Waals surface area contributed by atoms with Gasteiger partial charge in [0.05, 0.1) is 22.0 Å². The van der Waals surface area contributed by atoms with E-state index in [1.54, 1.807) is 12.1 Å². The van der Waals surface area contributed by atoms with Crippen molar-refractivity contribution in [2.45, 2.75) is 13.8 Å². The summed E-state index contributed by atoms with van der Waals surface area (Å²) < 4.78 is 2.05. The molecule has 3 nitrogen and oxygen atoms in total. The van der Waals surface area contributed by atoms with Crippen LogP contribution in [0.3, 0.4) is 0 Å². The summed E-state index contributed by atoms with van der Waals surface area (Å²) >= 11 is 14.1. The first-order valence-electron chi connectivity index (χ1n) is 9.25. The molecule has 0 radical (unpaired) electrons. The second kappa shape index (κ2) is 8.49. The summed E-state index contributed by atoms with van der Waals surface area (Å²) in [5, 5.41) is 13.7. The van der Waals surface area contributed by atoms with Gasteiger partial charge in [0.2, 0.25) is 0 Å². The monoisotopic (exact) mass is 449 g/mol. The second-order valence-corrected chi connectivity index (χ2v) is 8.53. The fraction of sp³-hybridized carbons (Fsp3) is 0.0833. The molecule has 0 N–H and O–H groups in total. The Morgan fingerprint density at radius 2 is 1.87 bits per heavy atom. The Kier molecular flexibility index (Phi) is 5.78. The van der Waals surface area contributed by atoms with Gasteiger partial charge in [0.15, 0.2) is 0 Å². The maximum absolute atomic E-state index is 9.79. The van der Waals surface area contributed by atoms with Gasteiger partial charge in [0.1, 0.15) is 11.1 Å². The van der Waals surface area contributed by atoms with Crippen LogP contribution in [0.4, 0.5) is 0 Å². The van der Waals surface area contributed by atoms with E-state index < -0.39 is 0 Å². The van der Waals surface area contributed by atoms with Crippen LogP contribution in [0.5, 0.6) is 0 Å². The van der Waals surface area contributed by atoms with Crippen LogP contribution in [0.1, 0.15) is 22.0 Å². The quantitative estimate of drug-likeness (QED) is 0.301. The molecule has 0 saturated carbocycles. The van der Waals surface area contributed by atoms with Crippen molar-refractivity contribution in [1.82, 2.24) is 9.55 Å². The number of benzene rings is 2. The first kappa shape index (κ1) is 20.4. The number of halogens is 2. The van der Waals surface area contributed by atoms with Gasteiger partial charge in [0.25, 0.3) is 0 Å². The third-order valence-electron chi connectivity index (χ3n) is 4.84. The Hall–Kier alpha value is -2.84. The molecule has 0 atom stereocenters. The number of nitrogens with zero attached hydrogens (tertiary/aromatic N) is 3. The molecule has 0 aliphatic rings. The molecule has 2 heterocycles. The van der Waals surface area contributed by atoms with E-state index in [1.165, 1.54) is 11.3 Å². The van der Waals surface area contributed by atoms with Gasteiger partial charge in [-0.3, -0.25) is 0 Å². The van der Waals surface area contributed by atoms with Crippen LogP contribution in [-0.4, -0.2) is 9.55 Å². The molecule has 6 heteroatoms. The predicted molar refractivity (Wildman–Crippen MR) is 126 cm³/mol. The van der Waals surface area contributed by atoms with Crippen LogP contribution in [0.2, 0.25) is 10.0 Å². The topological polar surface area (TPSA) is 41.6 Å². The van der Waals surface area contributed by atoms with Crippen LogP contribution >= 0.6 is 34.5 Å². The van der Waals surface area contributed by atoms with E-state index in [0.29, 0.717) is 20.6 Å². The molecular weight excluding hydrogens is 433 g/mol. The van der Waals surface area contributed by atoms with E-state index in [4.69, 9.17) is 23.2 Å². The van der Waals surface area contributed by atoms with Crippen LogP contribution < -0.4 is 0 Å². The molecule has 2 aromatic carbocycles. The average molecular weight is 450 g/mol. The number of aryl methyl sites for hydroxylation is 1. The summed E-state index contributed by atoms with van der Waals surface area (Å²) in [6.07, 6.45) is 1.88. The highest BCUT2D eigenvalue weighted by Crippen LogP contribution is 2.32. The largest absolute Gasteiger partial charge is 0.316 e. The molecule has 0 bridgehead atoms. The molecule has 0 aliphatic heterocycles. The van der Waals surface area contributed by atoms with Gasteiger partial charge in [-0.15, -0.1) is 11.3 Å². The Labute approximate surface area is 189 Å². The Morgan fingerprint density at radius 1 is 1.10 bits per heavy atom. The van der Waals surface area contributed by atoms with Crippen molar-refractivity contribution >= 4 is 46.2 Å².